The minimum absolute atomic E-state index is 0.0357. The molecule has 0 unspecified atom stereocenters. The number of para-hydroxylation sites is 1. The minimum atomic E-state index is -0.144. The van der Waals surface area contributed by atoms with E-state index in [1.54, 1.807) is 4.90 Å². The van der Waals surface area contributed by atoms with Gasteiger partial charge in [-0.25, -0.2) is 0 Å². The Morgan fingerprint density at radius 1 is 1.35 bits per heavy atom. The van der Waals surface area contributed by atoms with Crippen LogP contribution in [0.3, 0.4) is 0 Å². The average Bonchev–Trinajstić information content (AvgIpc) is 2.39. The van der Waals surface area contributed by atoms with Gasteiger partial charge in [0, 0.05) is 12.3 Å². The monoisotopic (exact) mass is 255 g/mol. The van der Waals surface area contributed by atoms with Gasteiger partial charge >= 0.3 is 0 Å². The van der Waals surface area contributed by atoms with E-state index in [0.29, 0.717) is 6.61 Å². The van der Waals surface area contributed by atoms with E-state index >= 15 is 0 Å². The zero-order valence-corrected chi connectivity index (χ0v) is 10.8. The number of nitrogens with zero attached hydrogens (tertiary/aromatic N) is 1. The molecule has 0 N–H and O–H groups in total. The van der Waals surface area contributed by atoms with Crippen molar-refractivity contribution < 1.29 is 9.53 Å². The van der Waals surface area contributed by atoms with Gasteiger partial charge in [-0.05, 0) is 18.6 Å². The number of amides is 1. The molecule has 3 nitrogen and oxygen atoms in total. The van der Waals surface area contributed by atoms with Crippen LogP contribution in [0.25, 0.3) is 0 Å². The molecule has 0 saturated heterocycles. The van der Waals surface area contributed by atoms with Crippen molar-refractivity contribution in [2.75, 3.05) is 24.1 Å². The van der Waals surface area contributed by atoms with Gasteiger partial charge < -0.3 is 4.74 Å². The maximum atomic E-state index is 11.7. The number of ether oxygens (including phenoxy) is 1. The molecule has 0 radical (unpaired) electrons. The van der Waals surface area contributed by atoms with Gasteiger partial charge in [0.25, 0.3) is 0 Å². The second-order valence-corrected chi connectivity index (χ2v) is 3.95. The van der Waals surface area contributed by atoms with E-state index in [4.69, 9.17) is 16.3 Å². The standard InChI is InChI=1S/C13H18ClNO2/c1-2-3-9-17-11-15(13(16)10-14)12-7-5-4-6-8-12/h4-8H,2-3,9-11H2,1H3. The van der Waals surface area contributed by atoms with Crippen LogP contribution in [0.2, 0.25) is 0 Å². The summed E-state index contributed by atoms with van der Waals surface area (Å²) in [5.74, 6) is -0.180. The van der Waals surface area contributed by atoms with E-state index in [1.807, 2.05) is 30.3 Å². The summed E-state index contributed by atoms with van der Waals surface area (Å²) in [5.41, 5.74) is 0.814. The number of carbonyl (C=O) groups excluding carboxylic acids is 1. The molecular formula is C13H18ClNO2. The fraction of sp³-hybridized carbons (Fsp3) is 0.462. The highest BCUT2D eigenvalue weighted by Crippen LogP contribution is 2.13. The molecule has 0 heterocycles. The molecule has 17 heavy (non-hydrogen) atoms. The fourth-order valence-corrected chi connectivity index (χ4v) is 1.52. The van der Waals surface area contributed by atoms with Crippen molar-refractivity contribution in [1.82, 2.24) is 0 Å². The zero-order chi connectivity index (χ0) is 12.5. The number of unbranched alkanes of at least 4 members (excludes halogenated alkanes) is 1. The molecule has 0 atom stereocenters. The third-order valence-electron chi connectivity index (χ3n) is 2.35. The number of alkyl halides is 1. The van der Waals surface area contributed by atoms with E-state index in [2.05, 4.69) is 6.92 Å². The van der Waals surface area contributed by atoms with Gasteiger partial charge in [0.2, 0.25) is 5.91 Å². The number of rotatable bonds is 7. The molecule has 0 aliphatic heterocycles. The van der Waals surface area contributed by atoms with E-state index in [9.17, 15) is 4.79 Å². The molecule has 0 bridgehead atoms. The van der Waals surface area contributed by atoms with Gasteiger partial charge in [-0.1, -0.05) is 31.5 Å². The number of halogens is 1. The smallest absolute Gasteiger partial charge is 0.243 e. The summed E-state index contributed by atoms with van der Waals surface area (Å²) >= 11 is 5.59. The maximum absolute atomic E-state index is 11.7. The first-order chi connectivity index (χ1) is 8.29. The lowest BCUT2D eigenvalue weighted by Crippen LogP contribution is -2.34. The number of anilines is 1. The Bertz CT molecular complexity index is 329. The van der Waals surface area contributed by atoms with Gasteiger partial charge in [0.05, 0.1) is 0 Å². The molecule has 0 aromatic heterocycles. The zero-order valence-electron chi connectivity index (χ0n) is 10.1. The molecule has 0 aliphatic rings. The summed E-state index contributed by atoms with van der Waals surface area (Å²) in [6.07, 6.45) is 2.08. The first-order valence-corrected chi connectivity index (χ1v) is 6.32. The number of hydrogen-bond acceptors (Lipinski definition) is 2. The number of benzene rings is 1. The van der Waals surface area contributed by atoms with E-state index in [0.717, 1.165) is 18.5 Å². The molecule has 1 rings (SSSR count). The molecule has 1 amide bonds. The largest absolute Gasteiger partial charge is 0.361 e. The minimum Gasteiger partial charge on any atom is -0.361 e. The predicted molar refractivity (Wildman–Crippen MR) is 70.4 cm³/mol. The first kappa shape index (κ1) is 14.0. The summed E-state index contributed by atoms with van der Waals surface area (Å²) in [6.45, 7) is 3.02. The summed E-state index contributed by atoms with van der Waals surface area (Å²) in [4.78, 5) is 13.2. The van der Waals surface area contributed by atoms with Crippen LogP contribution in [0, 0.1) is 0 Å². The normalized spacial score (nSPS) is 10.2. The Kier molecular flexibility index (Phi) is 6.67. The number of hydrogen-bond donors (Lipinski definition) is 0. The Morgan fingerprint density at radius 3 is 2.65 bits per heavy atom. The highest BCUT2D eigenvalue weighted by molar-refractivity contribution is 6.29. The Labute approximate surface area is 107 Å². The van der Waals surface area contributed by atoms with Crippen LogP contribution in [0.5, 0.6) is 0 Å². The maximum Gasteiger partial charge on any atom is 0.243 e. The van der Waals surface area contributed by atoms with Crippen LogP contribution in [0.1, 0.15) is 19.8 Å². The van der Waals surface area contributed by atoms with Crippen molar-refractivity contribution >= 4 is 23.2 Å². The third kappa shape index (κ3) is 4.75. The molecule has 0 spiro atoms. The second-order valence-electron chi connectivity index (χ2n) is 3.68. The van der Waals surface area contributed by atoms with Crippen molar-refractivity contribution in [3.63, 3.8) is 0 Å². The van der Waals surface area contributed by atoms with Crippen molar-refractivity contribution in [2.24, 2.45) is 0 Å². The van der Waals surface area contributed by atoms with Gasteiger partial charge in [-0.3, -0.25) is 9.69 Å². The van der Waals surface area contributed by atoms with E-state index in [-0.39, 0.29) is 18.5 Å². The van der Waals surface area contributed by atoms with Crippen LogP contribution >= 0.6 is 11.6 Å². The average molecular weight is 256 g/mol. The lowest BCUT2D eigenvalue weighted by molar-refractivity contribution is -0.117. The van der Waals surface area contributed by atoms with Crippen molar-refractivity contribution in [3.05, 3.63) is 30.3 Å². The number of carbonyl (C=O) groups is 1. The molecule has 1 aromatic carbocycles. The molecule has 4 heteroatoms. The summed E-state index contributed by atoms with van der Waals surface area (Å²) in [5, 5.41) is 0. The first-order valence-electron chi connectivity index (χ1n) is 5.78. The molecule has 0 fully saturated rings. The molecular weight excluding hydrogens is 238 g/mol. The Balaban J connectivity index is 2.59. The topological polar surface area (TPSA) is 29.5 Å². The van der Waals surface area contributed by atoms with Gasteiger partial charge in [-0.2, -0.15) is 0 Å². The fourth-order valence-electron chi connectivity index (χ4n) is 1.37. The summed E-state index contributed by atoms with van der Waals surface area (Å²) < 4.78 is 5.46. The Hall–Kier alpha value is -1.06. The van der Waals surface area contributed by atoms with Crippen LogP contribution in [-0.2, 0) is 9.53 Å². The highest BCUT2D eigenvalue weighted by Gasteiger charge is 2.13. The summed E-state index contributed by atoms with van der Waals surface area (Å²) in [7, 11) is 0. The Morgan fingerprint density at radius 2 is 2.06 bits per heavy atom. The van der Waals surface area contributed by atoms with Crippen LogP contribution in [0.4, 0.5) is 5.69 Å². The van der Waals surface area contributed by atoms with Crippen molar-refractivity contribution in [1.29, 1.82) is 0 Å². The van der Waals surface area contributed by atoms with Gasteiger partial charge in [0.15, 0.2) is 0 Å². The van der Waals surface area contributed by atoms with Gasteiger partial charge in [0.1, 0.15) is 12.6 Å². The van der Waals surface area contributed by atoms with E-state index in [1.165, 1.54) is 0 Å². The molecule has 1 aromatic rings. The van der Waals surface area contributed by atoms with E-state index < -0.39 is 0 Å². The lowest BCUT2D eigenvalue weighted by atomic mass is 10.3. The quantitative estimate of drug-likeness (QED) is 0.426. The van der Waals surface area contributed by atoms with Crippen molar-refractivity contribution in [2.45, 2.75) is 19.8 Å². The second kappa shape index (κ2) is 8.09. The lowest BCUT2D eigenvalue weighted by Gasteiger charge is -2.21. The highest BCUT2D eigenvalue weighted by atomic mass is 35.5. The molecule has 94 valence electrons. The van der Waals surface area contributed by atoms with Crippen LogP contribution in [0.15, 0.2) is 30.3 Å². The molecule has 0 saturated carbocycles. The molecule has 0 aliphatic carbocycles. The third-order valence-corrected chi connectivity index (χ3v) is 2.57. The van der Waals surface area contributed by atoms with Crippen LogP contribution in [-0.4, -0.2) is 25.1 Å². The SMILES string of the molecule is CCCCOCN(C(=O)CCl)c1ccccc1. The van der Waals surface area contributed by atoms with Crippen molar-refractivity contribution in [3.8, 4) is 0 Å². The van der Waals surface area contributed by atoms with Gasteiger partial charge in [-0.15, -0.1) is 11.6 Å². The summed E-state index contributed by atoms with van der Waals surface area (Å²) in [6, 6.07) is 9.41. The predicted octanol–water partition coefficient (Wildman–Crippen LogP) is 3.03. The van der Waals surface area contributed by atoms with Crippen LogP contribution < -0.4 is 4.90 Å².